The van der Waals surface area contributed by atoms with Crippen LogP contribution in [0.4, 0.5) is 5.69 Å². The van der Waals surface area contributed by atoms with Crippen molar-refractivity contribution in [2.75, 3.05) is 0 Å². The molecule has 0 fully saturated rings. The molecule has 2 N–H and O–H groups in total. The molecule has 1 atom stereocenters. The van der Waals surface area contributed by atoms with Crippen molar-refractivity contribution in [1.82, 2.24) is 0 Å². The van der Waals surface area contributed by atoms with Crippen molar-refractivity contribution in [2.45, 2.75) is 25.9 Å². The van der Waals surface area contributed by atoms with Crippen molar-refractivity contribution in [2.24, 2.45) is 0 Å². The van der Waals surface area contributed by atoms with E-state index in [0.717, 1.165) is 6.92 Å². The van der Waals surface area contributed by atoms with Gasteiger partial charge in [-0.25, -0.2) is 4.79 Å². The lowest BCUT2D eigenvalue weighted by Gasteiger charge is -2.17. The number of nitro benzene ring substituents is 1. The summed E-state index contributed by atoms with van der Waals surface area (Å²) in [5.41, 5.74) is -1.51. The molecule has 1 aromatic rings. The van der Waals surface area contributed by atoms with Gasteiger partial charge in [0.1, 0.15) is 0 Å². The van der Waals surface area contributed by atoms with Gasteiger partial charge in [0.2, 0.25) is 0 Å². The average molecular weight is 239 g/mol. The van der Waals surface area contributed by atoms with E-state index >= 15 is 0 Å². The minimum absolute atomic E-state index is 0.144. The van der Waals surface area contributed by atoms with Gasteiger partial charge >= 0.3 is 5.97 Å². The Morgan fingerprint density at radius 1 is 1.53 bits per heavy atom. The third-order valence-electron chi connectivity index (χ3n) is 2.50. The summed E-state index contributed by atoms with van der Waals surface area (Å²) in [6, 6.07) is 4.61. The van der Waals surface area contributed by atoms with Crippen LogP contribution in [0.1, 0.15) is 18.1 Å². The fraction of sp³-hybridized carbons (Fsp3) is 0.364. The zero-order valence-electron chi connectivity index (χ0n) is 9.51. The summed E-state index contributed by atoms with van der Waals surface area (Å²) in [7, 11) is 0. The topological polar surface area (TPSA) is 101 Å². The number of carbonyl (C=O) groups is 1. The highest BCUT2D eigenvalue weighted by Gasteiger charge is 2.33. The quantitative estimate of drug-likeness (QED) is 0.608. The largest absolute Gasteiger partial charge is 0.479 e. The molecule has 0 aliphatic carbocycles. The third kappa shape index (κ3) is 2.79. The maximum atomic E-state index is 10.9. The number of nitro groups is 1. The normalized spacial score (nSPS) is 14.1. The standard InChI is InChI=1S/C11H13NO5/c1-7-4-3-5-8(9(7)12(16)17)6-11(2,15)10(13)14/h3-5,15H,6H2,1-2H3,(H,13,14). The van der Waals surface area contributed by atoms with Crippen molar-refractivity contribution in [3.05, 3.63) is 39.4 Å². The molecule has 1 rings (SSSR count). The molecule has 0 bridgehead atoms. The van der Waals surface area contributed by atoms with E-state index in [4.69, 9.17) is 5.11 Å². The number of hydrogen-bond donors (Lipinski definition) is 2. The second-order valence-corrected chi connectivity index (χ2v) is 4.10. The minimum atomic E-state index is -2.02. The second-order valence-electron chi connectivity index (χ2n) is 4.10. The van der Waals surface area contributed by atoms with Crippen molar-refractivity contribution in [3.63, 3.8) is 0 Å². The van der Waals surface area contributed by atoms with Gasteiger partial charge < -0.3 is 10.2 Å². The number of rotatable bonds is 4. The number of nitrogens with zero attached hydrogens (tertiary/aromatic N) is 1. The van der Waals surface area contributed by atoms with Crippen LogP contribution >= 0.6 is 0 Å². The van der Waals surface area contributed by atoms with Crippen LogP contribution in [0.3, 0.4) is 0 Å². The number of aliphatic carboxylic acids is 1. The van der Waals surface area contributed by atoms with Crippen molar-refractivity contribution >= 4 is 11.7 Å². The monoisotopic (exact) mass is 239 g/mol. The fourth-order valence-electron chi connectivity index (χ4n) is 1.57. The van der Waals surface area contributed by atoms with Gasteiger partial charge in [-0.1, -0.05) is 18.2 Å². The van der Waals surface area contributed by atoms with Gasteiger partial charge in [-0.05, 0) is 13.8 Å². The lowest BCUT2D eigenvalue weighted by atomic mass is 9.94. The number of hydrogen-bond acceptors (Lipinski definition) is 4. The lowest BCUT2D eigenvalue weighted by molar-refractivity contribution is -0.386. The van der Waals surface area contributed by atoms with E-state index in [2.05, 4.69) is 0 Å². The Bertz CT molecular complexity index is 467. The molecule has 1 unspecified atom stereocenters. The molecule has 0 amide bonds. The molecule has 0 radical (unpaired) electrons. The van der Waals surface area contributed by atoms with Gasteiger partial charge in [-0.15, -0.1) is 0 Å². The SMILES string of the molecule is Cc1cccc(CC(C)(O)C(=O)O)c1[N+](=O)[O-]. The predicted molar refractivity (Wildman–Crippen MR) is 59.8 cm³/mol. The van der Waals surface area contributed by atoms with E-state index in [9.17, 15) is 20.0 Å². The van der Waals surface area contributed by atoms with Gasteiger partial charge in [0.15, 0.2) is 5.60 Å². The van der Waals surface area contributed by atoms with Crippen LogP contribution in [0.2, 0.25) is 0 Å². The van der Waals surface area contributed by atoms with Gasteiger partial charge in [-0.3, -0.25) is 10.1 Å². The first-order chi connectivity index (χ1) is 7.75. The molecule has 0 aliphatic heterocycles. The van der Waals surface area contributed by atoms with Crippen LogP contribution < -0.4 is 0 Å². The van der Waals surface area contributed by atoms with Gasteiger partial charge in [0.05, 0.1) is 4.92 Å². The molecule has 6 heteroatoms. The predicted octanol–water partition coefficient (Wildman–Crippen LogP) is 1.28. The molecule has 0 aliphatic rings. The molecular formula is C11H13NO5. The molecule has 0 heterocycles. The molecule has 6 nitrogen and oxygen atoms in total. The van der Waals surface area contributed by atoms with E-state index < -0.39 is 16.5 Å². The van der Waals surface area contributed by atoms with Crippen LogP contribution in [0.5, 0.6) is 0 Å². The van der Waals surface area contributed by atoms with E-state index in [-0.39, 0.29) is 17.7 Å². The zero-order valence-corrected chi connectivity index (χ0v) is 9.51. The Hall–Kier alpha value is -1.95. The fourth-order valence-corrected chi connectivity index (χ4v) is 1.57. The molecule has 0 aromatic heterocycles. The summed E-state index contributed by atoms with van der Waals surface area (Å²) in [6.45, 7) is 2.68. The first kappa shape index (κ1) is 13.1. The summed E-state index contributed by atoms with van der Waals surface area (Å²) in [6.07, 6.45) is -0.305. The van der Waals surface area contributed by atoms with E-state index in [1.54, 1.807) is 19.1 Å². The molecule has 92 valence electrons. The lowest BCUT2D eigenvalue weighted by Crippen LogP contribution is -2.37. The first-order valence-electron chi connectivity index (χ1n) is 4.94. The molecule has 1 aromatic carbocycles. The number of para-hydroxylation sites is 1. The molecule has 0 saturated heterocycles. The van der Waals surface area contributed by atoms with Crippen molar-refractivity contribution in [3.8, 4) is 0 Å². The summed E-state index contributed by atoms with van der Waals surface area (Å²) in [5, 5.41) is 29.3. The smallest absolute Gasteiger partial charge is 0.335 e. The highest BCUT2D eigenvalue weighted by Crippen LogP contribution is 2.26. The van der Waals surface area contributed by atoms with E-state index in [0.29, 0.717) is 5.56 Å². The van der Waals surface area contributed by atoms with Crippen LogP contribution in [-0.2, 0) is 11.2 Å². The van der Waals surface area contributed by atoms with Crippen molar-refractivity contribution < 1.29 is 19.9 Å². The summed E-state index contributed by atoms with van der Waals surface area (Å²) >= 11 is 0. The molecule has 0 spiro atoms. The average Bonchev–Trinajstić information content (AvgIpc) is 2.15. The van der Waals surface area contributed by atoms with Gasteiger partial charge in [-0.2, -0.15) is 0 Å². The molecule has 17 heavy (non-hydrogen) atoms. The van der Waals surface area contributed by atoms with Crippen LogP contribution in [0.15, 0.2) is 18.2 Å². The van der Waals surface area contributed by atoms with Crippen molar-refractivity contribution in [1.29, 1.82) is 0 Å². The Labute approximate surface area is 97.7 Å². The number of carboxylic acid groups (broad SMARTS) is 1. The van der Waals surface area contributed by atoms with Gasteiger partial charge in [0, 0.05) is 17.5 Å². The Morgan fingerprint density at radius 2 is 2.12 bits per heavy atom. The zero-order chi connectivity index (χ0) is 13.2. The Balaban J connectivity index is 3.20. The summed E-state index contributed by atoms with van der Waals surface area (Å²) in [4.78, 5) is 21.1. The van der Waals surface area contributed by atoms with Crippen LogP contribution in [-0.4, -0.2) is 26.7 Å². The number of aryl methyl sites for hydroxylation is 1. The third-order valence-corrected chi connectivity index (χ3v) is 2.50. The summed E-state index contributed by atoms with van der Waals surface area (Å²) in [5.74, 6) is -1.41. The highest BCUT2D eigenvalue weighted by molar-refractivity contribution is 5.77. The van der Waals surface area contributed by atoms with Gasteiger partial charge in [0.25, 0.3) is 5.69 Å². The summed E-state index contributed by atoms with van der Waals surface area (Å²) < 4.78 is 0. The van der Waals surface area contributed by atoms with Crippen LogP contribution in [0, 0.1) is 17.0 Å². The highest BCUT2D eigenvalue weighted by atomic mass is 16.6. The maximum absolute atomic E-state index is 10.9. The minimum Gasteiger partial charge on any atom is -0.479 e. The number of aliphatic hydroxyl groups is 1. The second kappa shape index (κ2) is 4.50. The molecular weight excluding hydrogens is 226 g/mol. The Morgan fingerprint density at radius 3 is 2.59 bits per heavy atom. The maximum Gasteiger partial charge on any atom is 0.335 e. The first-order valence-corrected chi connectivity index (χ1v) is 4.94. The number of benzene rings is 1. The van der Waals surface area contributed by atoms with E-state index in [1.165, 1.54) is 6.07 Å². The molecule has 0 saturated carbocycles. The van der Waals surface area contributed by atoms with Crippen LogP contribution in [0.25, 0.3) is 0 Å². The van der Waals surface area contributed by atoms with E-state index in [1.807, 2.05) is 0 Å². The number of carboxylic acids is 1. The Kier molecular flexibility index (Phi) is 3.47.